The first kappa shape index (κ1) is 21.9. The Hall–Kier alpha value is -4.27. The normalized spacial score (nSPS) is 10.8. The van der Waals surface area contributed by atoms with Gasteiger partial charge in [-0.3, -0.25) is 9.36 Å². The predicted octanol–water partition coefficient (Wildman–Crippen LogP) is 3.46. The van der Waals surface area contributed by atoms with Crippen LogP contribution in [0.1, 0.15) is 15.9 Å². The molecule has 4 rings (SSSR count). The fourth-order valence-electron chi connectivity index (χ4n) is 3.62. The van der Waals surface area contributed by atoms with Gasteiger partial charge in [-0.25, -0.2) is 9.78 Å². The first-order valence-electron chi connectivity index (χ1n) is 9.91. The molecule has 0 bridgehead atoms. The number of aromatic nitrogens is 2. The van der Waals surface area contributed by atoms with Gasteiger partial charge >= 0.3 is 5.69 Å². The summed E-state index contributed by atoms with van der Waals surface area (Å²) in [6, 6.07) is 10.2. The second-order valence-electron chi connectivity index (χ2n) is 7.10. The monoisotopic (exact) mass is 450 g/mol. The number of rotatable bonds is 7. The molecule has 0 saturated carbocycles. The molecule has 0 aliphatic rings. The zero-order chi connectivity index (χ0) is 23.7. The number of fused-ring (bicyclic) bond motifs is 1. The van der Waals surface area contributed by atoms with Gasteiger partial charge < -0.3 is 23.4 Å². The van der Waals surface area contributed by atoms with Gasteiger partial charge in [0, 0.05) is 24.4 Å². The van der Waals surface area contributed by atoms with E-state index in [-0.39, 0.29) is 22.6 Å². The van der Waals surface area contributed by atoms with Crippen LogP contribution >= 0.6 is 0 Å². The minimum absolute atomic E-state index is 0.233. The van der Waals surface area contributed by atoms with Crippen LogP contribution in [0.2, 0.25) is 0 Å². The Balaban J connectivity index is 1.99. The highest BCUT2D eigenvalue weighted by molar-refractivity contribution is 6.19. The van der Waals surface area contributed by atoms with Gasteiger partial charge in [-0.05, 0) is 36.4 Å². The molecule has 0 aliphatic carbocycles. The van der Waals surface area contributed by atoms with Crippen LogP contribution in [0.5, 0.6) is 23.0 Å². The van der Waals surface area contributed by atoms with Crippen molar-refractivity contribution in [3.05, 3.63) is 64.2 Å². The van der Waals surface area contributed by atoms with Crippen molar-refractivity contribution in [3.63, 3.8) is 0 Å². The van der Waals surface area contributed by atoms with E-state index in [0.717, 1.165) is 0 Å². The van der Waals surface area contributed by atoms with Crippen LogP contribution in [0.3, 0.4) is 0 Å². The van der Waals surface area contributed by atoms with E-state index in [1.165, 1.54) is 39.1 Å². The van der Waals surface area contributed by atoms with Gasteiger partial charge in [-0.15, -0.1) is 0 Å². The first-order chi connectivity index (χ1) is 15.9. The number of methoxy groups -OCH3 is 4. The number of nitrogens with zero attached hydrogens (tertiary/aromatic N) is 2. The topological polar surface area (TPSA) is 102 Å². The second-order valence-corrected chi connectivity index (χ2v) is 7.10. The number of ketones is 1. The van der Waals surface area contributed by atoms with Crippen molar-refractivity contribution >= 4 is 16.9 Å². The van der Waals surface area contributed by atoms with Gasteiger partial charge in [0.1, 0.15) is 11.5 Å². The van der Waals surface area contributed by atoms with Gasteiger partial charge in [0.05, 0.1) is 39.4 Å². The highest BCUT2D eigenvalue weighted by Gasteiger charge is 2.27. The van der Waals surface area contributed by atoms with Crippen molar-refractivity contribution in [1.82, 2.24) is 9.55 Å². The molecule has 0 spiro atoms. The maximum absolute atomic E-state index is 13.8. The molecule has 170 valence electrons. The fourth-order valence-corrected chi connectivity index (χ4v) is 3.62. The Bertz CT molecular complexity index is 1380. The standard InChI is InChI=1S/C24H22N2O7/c1-26-23-16(12-25-24(26)28)19(21(33-23)13-6-8-15(29-2)9-7-13)20(27)14-10-17(30-3)22(32-5)18(11-14)31-4/h6-12H,1-5H3. The largest absolute Gasteiger partial charge is 0.497 e. The molecule has 0 saturated heterocycles. The lowest BCUT2D eigenvalue weighted by molar-refractivity contribution is 0.103. The number of hydrogen-bond acceptors (Lipinski definition) is 8. The second kappa shape index (κ2) is 8.70. The smallest absolute Gasteiger partial charge is 0.350 e. The highest BCUT2D eigenvalue weighted by Crippen LogP contribution is 2.41. The lowest BCUT2D eigenvalue weighted by Gasteiger charge is -2.14. The summed E-state index contributed by atoms with van der Waals surface area (Å²) in [4.78, 5) is 29.8. The average molecular weight is 450 g/mol. The maximum Gasteiger partial charge on any atom is 0.350 e. The molecular formula is C24H22N2O7. The molecule has 0 N–H and O–H groups in total. The Morgan fingerprint density at radius 1 is 0.939 bits per heavy atom. The van der Waals surface area contributed by atoms with Gasteiger partial charge in [-0.1, -0.05) is 0 Å². The molecule has 2 aromatic carbocycles. The lowest BCUT2D eigenvalue weighted by Crippen LogP contribution is -2.19. The molecule has 33 heavy (non-hydrogen) atoms. The van der Waals surface area contributed by atoms with Crippen molar-refractivity contribution in [3.8, 4) is 34.3 Å². The lowest BCUT2D eigenvalue weighted by atomic mass is 9.97. The van der Waals surface area contributed by atoms with E-state index in [1.54, 1.807) is 43.5 Å². The Morgan fingerprint density at radius 3 is 2.12 bits per heavy atom. The molecular weight excluding hydrogens is 428 g/mol. The minimum Gasteiger partial charge on any atom is -0.497 e. The van der Waals surface area contributed by atoms with E-state index in [4.69, 9.17) is 23.4 Å². The van der Waals surface area contributed by atoms with Crippen LogP contribution < -0.4 is 24.6 Å². The first-order valence-corrected chi connectivity index (χ1v) is 9.91. The summed E-state index contributed by atoms with van der Waals surface area (Å²) in [6.45, 7) is 0. The van der Waals surface area contributed by atoms with Crippen molar-refractivity contribution < 1.29 is 28.2 Å². The third-order valence-corrected chi connectivity index (χ3v) is 5.33. The number of benzene rings is 2. The average Bonchev–Trinajstić information content (AvgIpc) is 3.25. The van der Waals surface area contributed by atoms with Gasteiger partial charge in [0.2, 0.25) is 11.5 Å². The van der Waals surface area contributed by atoms with Crippen molar-refractivity contribution in [2.24, 2.45) is 7.05 Å². The quantitative estimate of drug-likeness (QED) is 0.395. The number of hydrogen-bond donors (Lipinski definition) is 0. The molecule has 9 heteroatoms. The molecule has 9 nitrogen and oxygen atoms in total. The predicted molar refractivity (Wildman–Crippen MR) is 121 cm³/mol. The maximum atomic E-state index is 13.8. The summed E-state index contributed by atoms with van der Waals surface area (Å²) in [5, 5.41) is 0.404. The molecule has 2 aromatic heterocycles. The van der Waals surface area contributed by atoms with Crippen LogP contribution in [-0.2, 0) is 7.05 Å². The molecule has 0 unspecified atom stereocenters. The molecule has 0 amide bonds. The van der Waals surface area contributed by atoms with E-state index in [0.29, 0.717) is 39.7 Å². The van der Waals surface area contributed by atoms with Gasteiger partial charge in [-0.2, -0.15) is 0 Å². The van der Waals surface area contributed by atoms with Crippen molar-refractivity contribution in [1.29, 1.82) is 0 Å². The van der Waals surface area contributed by atoms with Crippen LogP contribution in [0, 0.1) is 0 Å². The number of aryl methyl sites for hydroxylation is 1. The van der Waals surface area contributed by atoms with E-state index in [1.807, 2.05) is 0 Å². The number of furan rings is 1. The molecule has 4 aromatic rings. The van der Waals surface area contributed by atoms with Gasteiger partial charge in [0.15, 0.2) is 17.3 Å². The Kier molecular flexibility index (Phi) is 5.78. The SMILES string of the molecule is COc1ccc(-c2oc3c(cnc(=O)n3C)c2C(=O)c2cc(OC)c(OC)c(OC)c2)cc1. The summed E-state index contributed by atoms with van der Waals surface area (Å²) in [5.41, 5.74) is 0.916. The van der Waals surface area contributed by atoms with E-state index in [9.17, 15) is 9.59 Å². The van der Waals surface area contributed by atoms with E-state index in [2.05, 4.69) is 4.98 Å². The molecule has 0 radical (unpaired) electrons. The number of ether oxygens (including phenoxy) is 4. The summed E-state index contributed by atoms with van der Waals surface area (Å²) in [7, 11) is 7.53. The summed E-state index contributed by atoms with van der Waals surface area (Å²) >= 11 is 0. The van der Waals surface area contributed by atoms with Crippen LogP contribution in [0.15, 0.2) is 51.8 Å². The third-order valence-electron chi connectivity index (χ3n) is 5.33. The molecule has 2 heterocycles. The number of carbonyl (C=O) groups is 1. The number of carbonyl (C=O) groups excluding carboxylic acids is 1. The van der Waals surface area contributed by atoms with Gasteiger partial charge in [0.25, 0.3) is 0 Å². The van der Waals surface area contributed by atoms with E-state index < -0.39 is 5.69 Å². The molecule has 0 atom stereocenters. The molecule has 0 fully saturated rings. The van der Waals surface area contributed by atoms with Crippen molar-refractivity contribution in [2.75, 3.05) is 28.4 Å². The highest BCUT2D eigenvalue weighted by atomic mass is 16.5. The fraction of sp³-hybridized carbons (Fsp3) is 0.208. The summed E-state index contributed by atoms with van der Waals surface area (Å²) in [6.07, 6.45) is 1.35. The van der Waals surface area contributed by atoms with E-state index >= 15 is 0 Å². The zero-order valence-electron chi connectivity index (χ0n) is 18.8. The Morgan fingerprint density at radius 2 is 1.58 bits per heavy atom. The minimum atomic E-state index is -0.496. The third kappa shape index (κ3) is 3.67. The molecule has 0 aliphatic heterocycles. The zero-order valence-corrected chi connectivity index (χ0v) is 18.8. The Labute approximate surface area is 189 Å². The summed E-state index contributed by atoms with van der Waals surface area (Å²) in [5.74, 6) is 1.64. The van der Waals surface area contributed by atoms with Crippen molar-refractivity contribution in [2.45, 2.75) is 0 Å². The van der Waals surface area contributed by atoms with Crippen LogP contribution in [0.25, 0.3) is 22.4 Å². The van der Waals surface area contributed by atoms with Crippen LogP contribution in [-0.4, -0.2) is 43.8 Å². The summed E-state index contributed by atoms with van der Waals surface area (Å²) < 4.78 is 28.7. The van der Waals surface area contributed by atoms with Crippen LogP contribution in [0.4, 0.5) is 0 Å².